The van der Waals surface area contributed by atoms with Crippen molar-refractivity contribution >= 4 is 5.97 Å². The van der Waals surface area contributed by atoms with Gasteiger partial charge in [0.25, 0.3) is 0 Å². The molecule has 0 amide bonds. The molecule has 116 valence electrons. The molecule has 0 atom stereocenters. The highest BCUT2D eigenvalue weighted by Gasteiger charge is 2.57. The van der Waals surface area contributed by atoms with Gasteiger partial charge in [-0.15, -0.1) is 0 Å². The van der Waals surface area contributed by atoms with E-state index >= 15 is 0 Å². The average molecular weight is 302 g/mol. The molecule has 2 bridgehead atoms. The molecule has 0 aliphatic heterocycles. The van der Waals surface area contributed by atoms with Gasteiger partial charge in [-0.3, -0.25) is 4.68 Å². The fourth-order valence-corrected chi connectivity index (χ4v) is 3.61. The lowest BCUT2D eigenvalue weighted by Crippen LogP contribution is -2.54. The minimum atomic E-state index is -4.61. The SMILES string of the molecule is CCOC(=O)c1c(C(F)(F)F)c(C)nn1CC12CC(C1)C2. The molecule has 0 aromatic carbocycles. The standard InChI is InChI=1S/C14H17F3N2O2/c1-3-21-12(20)11-10(14(15,16)17)8(2)18-19(11)7-13-4-9(5-13)6-13/h9H,3-7H2,1-2H3. The van der Waals surface area contributed by atoms with E-state index in [4.69, 9.17) is 4.74 Å². The lowest BCUT2D eigenvalue weighted by atomic mass is 9.44. The Labute approximate surface area is 120 Å². The highest BCUT2D eigenvalue weighted by molar-refractivity contribution is 5.89. The van der Waals surface area contributed by atoms with Crippen LogP contribution in [0.25, 0.3) is 0 Å². The van der Waals surface area contributed by atoms with Crippen LogP contribution in [0.4, 0.5) is 13.2 Å². The van der Waals surface area contributed by atoms with E-state index in [1.807, 2.05) is 0 Å². The second-order valence-electron chi connectivity index (χ2n) is 6.16. The van der Waals surface area contributed by atoms with E-state index in [-0.39, 0.29) is 17.7 Å². The first-order valence-corrected chi connectivity index (χ1v) is 7.07. The lowest BCUT2D eigenvalue weighted by Gasteiger charge is -2.61. The van der Waals surface area contributed by atoms with Crippen LogP contribution in [0.2, 0.25) is 0 Å². The number of aromatic nitrogens is 2. The third kappa shape index (κ3) is 2.22. The van der Waals surface area contributed by atoms with Crippen LogP contribution < -0.4 is 0 Å². The summed E-state index contributed by atoms with van der Waals surface area (Å²) in [4.78, 5) is 12.0. The summed E-state index contributed by atoms with van der Waals surface area (Å²) in [5.74, 6) is -0.230. The molecule has 1 aromatic rings. The summed E-state index contributed by atoms with van der Waals surface area (Å²) in [5.41, 5.74) is -1.54. The number of alkyl halides is 3. The molecule has 7 heteroatoms. The van der Waals surface area contributed by atoms with Crippen LogP contribution in [0, 0.1) is 18.3 Å². The van der Waals surface area contributed by atoms with Gasteiger partial charge in [-0.25, -0.2) is 4.79 Å². The third-order valence-corrected chi connectivity index (χ3v) is 4.53. The van der Waals surface area contributed by atoms with Crippen LogP contribution in [0.15, 0.2) is 0 Å². The first-order valence-electron chi connectivity index (χ1n) is 7.07. The normalized spacial score (nSPS) is 27.0. The predicted molar refractivity (Wildman–Crippen MR) is 67.7 cm³/mol. The summed E-state index contributed by atoms with van der Waals surface area (Å²) in [7, 11) is 0. The van der Waals surface area contributed by atoms with Crippen molar-refractivity contribution < 1.29 is 22.7 Å². The average Bonchev–Trinajstić information content (AvgIpc) is 2.58. The molecule has 4 nitrogen and oxygen atoms in total. The monoisotopic (exact) mass is 302 g/mol. The van der Waals surface area contributed by atoms with Crippen molar-refractivity contribution in [3.05, 3.63) is 17.0 Å². The van der Waals surface area contributed by atoms with Crippen molar-refractivity contribution in [2.45, 2.75) is 45.8 Å². The fourth-order valence-electron chi connectivity index (χ4n) is 3.61. The maximum absolute atomic E-state index is 13.2. The van der Waals surface area contributed by atoms with E-state index in [1.165, 1.54) is 11.6 Å². The molecule has 0 radical (unpaired) electrons. The second kappa shape index (κ2) is 4.48. The summed E-state index contributed by atoms with van der Waals surface area (Å²) < 4.78 is 45.6. The summed E-state index contributed by atoms with van der Waals surface area (Å²) in [6.07, 6.45) is -1.54. The van der Waals surface area contributed by atoms with Gasteiger partial charge < -0.3 is 4.74 Å². The molecule has 3 aliphatic carbocycles. The predicted octanol–water partition coefficient (Wildman–Crippen LogP) is 3.19. The quantitative estimate of drug-likeness (QED) is 0.802. The van der Waals surface area contributed by atoms with E-state index in [1.54, 1.807) is 6.92 Å². The molecule has 21 heavy (non-hydrogen) atoms. The van der Waals surface area contributed by atoms with Gasteiger partial charge >= 0.3 is 12.1 Å². The number of aryl methyl sites for hydroxylation is 1. The molecule has 3 aliphatic rings. The van der Waals surface area contributed by atoms with Gasteiger partial charge in [-0.05, 0) is 44.4 Å². The molecule has 0 saturated heterocycles. The molecular formula is C14H17F3N2O2. The van der Waals surface area contributed by atoms with E-state index in [0.717, 1.165) is 25.2 Å². The first-order chi connectivity index (χ1) is 9.76. The highest BCUT2D eigenvalue weighted by atomic mass is 19.4. The summed E-state index contributed by atoms with van der Waals surface area (Å²) in [5, 5.41) is 3.97. The molecular weight excluding hydrogens is 285 g/mol. The smallest absolute Gasteiger partial charge is 0.420 e. The summed E-state index contributed by atoms with van der Waals surface area (Å²) in [6, 6.07) is 0. The number of carbonyl (C=O) groups is 1. The number of esters is 1. The molecule has 1 aromatic heterocycles. The Kier molecular flexibility index (Phi) is 3.07. The van der Waals surface area contributed by atoms with E-state index in [9.17, 15) is 18.0 Å². The topological polar surface area (TPSA) is 44.1 Å². The lowest BCUT2D eigenvalue weighted by molar-refractivity contribution is -0.139. The van der Waals surface area contributed by atoms with Crippen LogP contribution in [0.5, 0.6) is 0 Å². The molecule has 1 heterocycles. The molecule has 0 unspecified atom stereocenters. The van der Waals surface area contributed by atoms with Crippen LogP contribution >= 0.6 is 0 Å². The molecule has 0 spiro atoms. The first kappa shape index (κ1) is 14.4. The Bertz CT molecular complexity index is 575. The second-order valence-corrected chi connectivity index (χ2v) is 6.16. The van der Waals surface area contributed by atoms with Crippen LogP contribution in [0.3, 0.4) is 0 Å². The molecule has 4 rings (SSSR count). The summed E-state index contributed by atoms with van der Waals surface area (Å²) >= 11 is 0. The van der Waals surface area contributed by atoms with Gasteiger partial charge in [-0.2, -0.15) is 18.3 Å². The Morgan fingerprint density at radius 1 is 1.43 bits per heavy atom. The zero-order chi connectivity index (χ0) is 15.4. The Balaban J connectivity index is 1.99. The van der Waals surface area contributed by atoms with Crippen LogP contribution in [0.1, 0.15) is 47.9 Å². The maximum Gasteiger partial charge on any atom is 0.420 e. The van der Waals surface area contributed by atoms with Gasteiger partial charge in [-0.1, -0.05) is 0 Å². The van der Waals surface area contributed by atoms with Gasteiger partial charge in [0.05, 0.1) is 12.3 Å². The largest absolute Gasteiger partial charge is 0.461 e. The van der Waals surface area contributed by atoms with E-state index in [0.29, 0.717) is 6.54 Å². The minimum Gasteiger partial charge on any atom is -0.461 e. The summed E-state index contributed by atoms with van der Waals surface area (Å²) in [6.45, 7) is 3.26. The maximum atomic E-state index is 13.2. The molecule has 3 saturated carbocycles. The van der Waals surface area contributed by atoms with Gasteiger partial charge in [0, 0.05) is 6.54 Å². The van der Waals surface area contributed by atoms with Crippen molar-refractivity contribution in [1.29, 1.82) is 0 Å². The number of halogens is 3. The minimum absolute atomic E-state index is 0.0353. The van der Waals surface area contributed by atoms with Crippen molar-refractivity contribution in [2.75, 3.05) is 6.61 Å². The van der Waals surface area contributed by atoms with Gasteiger partial charge in [0.1, 0.15) is 5.56 Å². The van der Waals surface area contributed by atoms with Crippen molar-refractivity contribution in [1.82, 2.24) is 9.78 Å². The van der Waals surface area contributed by atoms with Crippen molar-refractivity contribution in [2.24, 2.45) is 11.3 Å². The Hall–Kier alpha value is -1.53. The fraction of sp³-hybridized carbons (Fsp3) is 0.714. The van der Waals surface area contributed by atoms with E-state index < -0.39 is 23.4 Å². The number of nitrogens with zero attached hydrogens (tertiary/aromatic N) is 2. The van der Waals surface area contributed by atoms with Crippen molar-refractivity contribution in [3.63, 3.8) is 0 Å². The zero-order valence-electron chi connectivity index (χ0n) is 12.0. The highest BCUT2D eigenvalue weighted by Crippen LogP contribution is 2.65. The van der Waals surface area contributed by atoms with Gasteiger partial charge in [0.15, 0.2) is 5.69 Å². The number of rotatable bonds is 4. The Morgan fingerprint density at radius 3 is 2.48 bits per heavy atom. The number of ether oxygens (including phenoxy) is 1. The number of carbonyl (C=O) groups excluding carboxylic acids is 1. The van der Waals surface area contributed by atoms with Crippen molar-refractivity contribution in [3.8, 4) is 0 Å². The van der Waals surface area contributed by atoms with Crippen LogP contribution in [-0.4, -0.2) is 22.4 Å². The number of hydrogen-bond donors (Lipinski definition) is 0. The Morgan fingerprint density at radius 2 is 2.05 bits per heavy atom. The molecule has 3 fully saturated rings. The zero-order valence-corrected chi connectivity index (χ0v) is 12.0. The number of hydrogen-bond acceptors (Lipinski definition) is 3. The van der Waals surface area contributed by atoms with Gasteiger partial charge in [0.2, 0.25) is 0 Å². The van der Waals surface area contributed by atoms with E-state index in [2.05, 4.69) is 5.10 Å². The molecule has 0 N–H and O–H groups in total. The third-order valence-electron chi connectivity index (χ3n) is 4.53. The van der Waals surface area contributed by atoms with Crippen LogP contribution in [-0.2, 0) is 17.5 Å².